The molecule has 96 valence electrons. The summed E-state index contributed by atoms with van der Waals surface area (Å²) >= 11 is 5.82. The number of benzene rings is 2. The average molecular weight is 287 g/mol. The lowest BCUT2D eigenvalue weighted by atomic mass is 10.2. The third kappa shape index (κ3) is 2.23. The van der Waals surface area contributed by atoms with Crippen molar-refractivity contribution in [3.05, 3.63) is 66.2 Å². The molecular formula is C14H14N3PS. The van der Waals surface area contributed by atoms with Crippen LogP contribution in [0.25, 0.3) is 0 Å². The molecule has 1 atom stereocenters. The molecule has 2 aromatic rings. The molecule has 0 spiro atoms. The van der Waals surface area contributed by atoms with Crippen LogP contribution in [0, 0.1) is 0 Å². The van der Waals surface area contributed by atoms with Crippen LogP contribution in [0.2, 0.25) is 0 Å². The Kier molecular flexibility index (Phi) is 3.23. The summed E-state index contributed by atoms with van der Waals surface area (Å²) in [5, 5.41) is 1.10. The number of hydrazine groups is 1. The van der Waals surface area contributed by atoms with Gasteiger partial charge in [0.05, 0.1) is 0 Å². The van der Waals surface area contributed by atoms with E-state index in [4.69, 9.17) is 16.6 Å². The zero-order valence-electron chi connectivity index (χ0n) is 10.5. The van der Waals surface area contributed by atoms with E-state index in [1.54, 1.807) is 0 Å². The van der Waals surface area contributed by atoms with E-state index in [0.717, 1.165) is 16.7 Å². The molecule has 1 heterocycles. The third-order valence-electron chi connectivity index (χ3n) is 3.05. The van der Waals surface area contributed by atoms with Crippen molar-refractivity contribution in [3.8, 4) is 0 Å². The maximum Gasteiger partial charge on any atom is 0.167 e. The maximum absolute atomic E-state index is 5.82. The molecule has 0 radical (unpaired) electrons. The van der Waals surface area contributed by atoms with E-state index >= 15 is 0 Å². The maximum atomic E-state index is 5.82. The number of hydrogen-bond donors (Lipinski definition) is 1. The fourth-order valence-corrected chi connectivity index (χ4v) is 4.57. The summed E-state index contributed by atoms with van der Waals surface area (Å²) in [5.41, 5.74) is 4.35. The summed E-state index contributed by atoms with van der Waals surface area (Å²) in [6.07, 6.45) is -2.09. The van der Waals surface area contributed by atoms with E-state index in [-0.39, 0.29) is 0 Å². The van der Waals surface area contributed by atoms with Gasteiger partial charge in [-0.3, -0.25) is 5.43 Å². The fraction of sp³-hybridized carbons (Fsp3) is 0.0714. The Morgan fingerprint density at radius 3 is 2.21 bits per heavy atom. The lowest BCUT2D eigenvalue weighted by Gasteiger charge is -2.21. The quantitative estimate of drug-likeness (QED) is 0.860. The molecule has 3 rings (SSSR count). The third-order valence-corrected chi connectivity index (χ3v) is 7.02. The second kappa shape index (κ2) is 4.89. The van der Waals surface area contributed by atoms with Gasteiger partial charge >= 0.3 is 0 Å². The molecule has 1 N–H and O–H groups in total. The van der Waals surface area contributed by atoms with E-state index in [9.17, 15) is 0 Å². The predicted molar refractivity (Wildman–Crippen MR) is 84.2 cm³/mol. The average Bonchev–Trinajstić information content (AvgIpc) is 2.78. The summed E-state index contributed by atoms with van der Waals surface area (Å²) in [7, 11) is 1.97. The summed E-state index contributed by atoms with van der Waals surface area (Å²) in [6, 6.07) is 20.2. The van der Waals surface area contributed by atoms with Crippen molar-refractivity contribution in [1.82, 2.24) is 10.2 Å². The molecule has 0 bridgehead atoms. The zero-order valence-corrected chi connectivity index (χ0v) is 12.2. The Balaban J connectivity index is 2.05. The first kappa shape index (κ1) is 12.5. The summed E-state index contributed by atoms with van der Waals surface area (Å²) < 4.78 is 6.77. The van der Waals surface area contributed by atoms with Gasteiger partial charge < -0.3 is 0 Å². The summed E-state index contributed by atoms with van der Waals surface area (Å²) in [5.74, 6) is 0.857. The van der Waals surface area contributed by atoms with Crippen molar-refractivity contribution in [1.29, 1.82) is 0 Å². The van der Waals surface area contributed by atoms with E-state index in [1.807, 2.05) is 60.4 Å². The molecule has 2 aromatic carbocycles. The number of amidine groups is 1. The number of nitrogens with one attached hydrogen (secondary N) is 1. The lowest BCUT2D eigenvalue weighted by molar-refractivity contribution is 0.517. The van der Waals surface area contributed by atoms with Gasteiger partial charge in [0.25, 0.3) is 0 Å². The van der Waals surface area contributed by atoms with Crippen LogP contribution in [-0.2, 0) is 11.8 Å². The fourth-order valence-electron chi connectivity index (χ4n) is 2.02. The normalized spacial score (nSPS) is 22.9. The molecule has 0 amide bonds. The highest BCUT2D eigenvalue weighted by molar-refractivity contribution is 8.16. The van der Waals surface area contributed by atoms with Crippen molar-refractivity contribution in [2.75, 3.05) is 7.05 Å². The second-order valence-electron chi connectivity index (χ2n) is 4.33. The molecule has 0 aliphatic carbocycles. The summed E-state index contributed by atoms with van der Waals surface area (Å²) in [6.45, 7) is 0. The largest absolute Gasteiger partial charge is 0.297 e. The first-order valence-corrected chi connectivity index (χ1v) is 8.73. The van der Waals surface area contributed by atoms with Gasteiger partial charge in [-0.05, 0) is 11.8 Å². The molecule has 5 heteroatoms. The van der Waals surface area contributed by atoms with Crippen LogP contribution in [-0.4, -0.2) is 17.7 Å². The Labute approximate surface area is 118 Å². The standard InChI is InChI=1S/C14H14N3PS/c1-17-15-14(12-8-4-2-5-9-12)16-18(17,19)13-10-6-3-7-11-13/h2-11H,1H3,(H,15,16,19). The van der Waals surface area contributed by atoms with Gasteiger partial charge in [-0.1, -0.05) is 60.7 Å². The minimum absolute atomic E-state index is 0.857. The van der Waals surface area contributed by atoms with Crippen molar-refractivity contribution in [3.63, 3.8) is 0 Å². The minimum Gasteiger partial charge on any atom is -0.297 e. The van der Waals surface area contributed by atoms with Gasteiger partial charge in [0, 0.05) is 17.9 Å². The molecule has 0 aromatic heterocycles. The van der Waals surface area contributed by atoms with E-state index < -0.39 is 6.34 Å². The molecule has 0 fully saturated rings. The molecule has 0 saturated heterocycles. The molecule has 1 aliphatic rings. The highest BCUT2D eigenvalue weighted by atomic mass is 32.4. The molecular weight excluding hydrogens is 273 g/mol. The van der Waals surface area contributed by atoms with Crippen LogP contribution < -0.4 is 10.7 Å². The Morgan fingerprint density at radius 1 is 1.00 bits per heavy atom. The smallest absolute Gasteiger partial charge is 0.167 e. The molecule has 1 aliphatic heterocycles. The molecule has 1 unspecified atom stereocenters. The number of hydrogen-bond acceptors (Lipinski definition) is 2. The second-order valence-corrected chi connectivity index (χ2v) is 8.26. The Bertz CT molecular complexity index is 655. The van der Waals surface area contributed by atoms with Crippen LogP contribution in [0.1, 0.15) is 5.56 Å². The Hall–Kier alpha value is -1.48. The minimum atomic E-state index is -2.09. The van der Waals surface area contributed by atoms with Gasteiger partial charge in [0.15, 0.2) is 6.34 Å². The van der Waals surface area contributed by atoms with Crippen molar-refractivity contribution < 1.29 is 0 Å². The van der Waals surface area contributed by atoms with Crippen LogP contribution in [0.15, 0.2) is 65.4 Å². The van der Waals surface area contributed by atoms with Crippen molar-refractivity contribution in [2.45, 2.75) is 0 Å². The van der Waals surface area contributed by atoms with Gasteiger partial charge in [-0.2, -0.15) is 4.78 Å². The number of nitrogens with zero attached hydrogens (tertiary/aromatic N) is 2. The Morgan fingerprint density at radius 2 is 1.58 bits per heavy atom. The lowest BCUT2D eigenvalue weighted by Crippen LogP contribution is -2.32. The van der Waals surface area contributed by atoms with Gasteiger partial charge in [0.1, 0.15) is 5.84 Å². The molecule has 19 heavy (non-hydrogen) atoms. The predicted octanol–water partition coefficient (Wildman–Crippen LogP) is 2.52. The highest BCUT2D eigenvalue weighted by Crippen LogP contribution is 2.51. The van der Waals surface area contributed by atoms with E-state index in [0.29, 0.717) is 0 Å². The van der Waals surface area contributed by atoms with E-state index in [1.165, 1.54) is 0 Å². The highest BCUT2D eigenvalue weighted by Gasteiger charge is 2.31. The SMILES string of the molecule is CN1NC(c2ccccc2)=NP1(=S)c1ccccc1. The molecule has 3 nitrogen and oxygen atoms in total. The van der Waals surface area contributed by atoms with Crippen LogP contribution in [0.3, 0.4) is 0 Å². The van der Waals surface area contributed by atoms with Gasteiger partial charge in [-0.15, -0.1) is 0 Å². The van der Waals surface area contributed by atoms with Gasteiger partial charge in [-0.25, -0.2) is 4.76 Å². The van der Waals surface area contributed by atoms with Crippen LogP contribution in [0.5, 0.6) is 0 Å². The first-order valence-electron chi connectivity index (χ1n) is 6.02. The van der Waals surface area contributed by atoms with Crippen molar-refractivity contribution >= 4 is 29.3 Å². The topological polar surface area (TPSA) is 27.6 Å². The van der Waals surface area contributed by atoms with Crippen LogP contribution >= 0.6 is 6.34 Å². The number of rotatable bonds is 2. The summed E-state index contributed by atoms with van der Waals surface area (Å²) in [4.78, 5) is 0. The van der Waals surface area contributed by atoms with Gasteiger partial charge in [0.2, 0.25) is 0 Å². The first-order chi connectivity index (χ1) is 9.20. The van der Waals surface area contributed by atoms with Crippen LogP contribution in [0.4, 0.5) is 0 Å². The van der Waals surface area contributed by atoms with E-state index in [2.05, 4.69) is 17.6 Å². The zero-order chi connectivity index (χ0) is 13.3. The molecule has 0 saturated carbocycles. The monoisotopic (exact) mass is 287 g/mol. The van der Waals surface area contributed by atoms with Crippen molar-refractivity contribution in [2.24, 2.45) is 4.76 Å².